The minimum atomic E-state index is -2.00. The van der Waals surface area contributed by atoms with Gasteiger partial charge in [-0.3, -0.25) is 4.79 Å². The number of carbonyl (C=O) groups excluding carboxylic acids is 1. The average molecular weight is 1120 g/mol. The van der Waals surface area contributed by atoms with E-state index in [-0.39, 0.29) is 39.4 Å². The van der Waals surface area contributed by atoms with Crippen molar-refractivity contribution in [3.8, 4) is 0 Å². The lowest BCUT2D eigenvalue weighted by Crippen LogP contribution is -2.67. The molecule has 0 amide bonds. The van der Waals surface area contributed by atoms with E-state index in [1.807, 2.05) is 0 Å². The lowest BCUT2D eigenvalue weighted by atomic mass is 9.33. The van der Waals surface area contributed by atoms with Gasteiger partial charge in [-0.1, -0.05) is 60.1 Å². The third kappa shape index (κ3) is 9.72. The smallest absolute Gasteiger partial charge is 0.335 e. The van der Waals surface area contributed by atoms with E-state index < -0.39 is 172 Å². The van der Waals surface area contributed by atoms with E-state index in [0.717, 1.165) is 12.8 Å². The summed E-state index contributed by atoms with van der Waals surface area (Å²) >= 11 is 0. The molecule has 4 saturated carbocycles. The van der Waals surface area contributed by atoms with Crippen molar-refractivity contribution in [1.82, 2.24) is 0 Å². The van der Waals surface area contributed by atoms with Gasteiger partial charge < -0.3 is 109 Å². The van der Waals surface area contributed by atoms with E-state index in [4.69, 9.17) is 37.9 Å². The van der Waals surface area contributed by atoms with Crippen LogP contribution in [0, 0.1) is 50.2 Å². The monoisotopic (exact) mass is 1120 g/mol. The normalized spacial score (nSPS) is 52.8. The van der Waals surface area contributed by atoms with Gasteiger partial charge >= 0.3 is 11.9 Å². The fraction of sp³-hybridized carbons (Fsp3) is 0.926. The first-order valence-corrected chi connectivity index (χ1v) is 27.8. The Morgan fingerprint density at radius 1 is 0.551 bits per heavy atom. The van der Waals surface area contributed by atoms with Crippen LogP contribution in [-0.4, -0.2) is 232 Å². The Kier molecular flexibility index (Phi) is 16.9. The maximum atomic E-state index is 15.1. The second-order valence-corrected chi connectivity index (χ2v) is 26.3. The van der Waals surface area contributed by atoms with Gasteiger partial charge in [0.25, 0.3) is 0 Å². The predicted octanol–water partition coefficient (Wildman–Crippen LogP) is -1.94. The maximum absolute atomic E-state index is 15.1. The van der Waals surface area contributed by atoms with Crippen LogP contribution in [0.4, 0.5) is 0 Å². The predicted molar refractivity (Wildman–Crippen MR) is 263 cm³/mol. The summed E-state index contributed by atoms with van der Waals surface area (Å²) < 4.78 is 46.9. The molecule has 5 aliphatic carbocycles. The summed E-state index contributed by atoms with van der Waals surface area (Å²) in [5.41, 5.74) is -1.48. The van der Waals surface area contributed by atoms with Gasteiger partial charge in [0, 0.05) is 0 Å². The largest absolute Gasteiger partial charge is 0.479 e. The van der Waals surface area contributed by atoms with Crippen molar-refractivity contribution in [2.45, 2.75) is 242 Å². The number of hydrogen-bond acceptors (Lipinski definition) is 23. The fourth-order valence-electron chi connectivity index (χ4n) is 16.5. The number of ether oxygens (including phenoxy) is 8. The van der Waals surface area contributed by atoms with Crippen LogP contribution in [-0.2, 0) is 47.5 Å². The maximum Gasteiger partial charge on any atom is 0.335 e. The first-order chi connectivity index (χ1) is 36.5. The van der Waals surface area contributed by atoms with Crippen molar-refractivity contribution in [1.29, 1.82) is 0 Å². The number of aliphatic carboxylic acids is 1. The van der Waals surface area contributed by atoms with Crippen molar-refractivity contribution < 1.29 is 119 Å². The molecule has 4 saturated heterocycles. The summed E-state index contributed by atoms with van der Waals surface area (Å²) in [5.74, 6) is -2.23. The van der Waals surface area contributed by atoms with Crippen LogP contribution < -0.4 is 0 Å². The zero-order valence-electron chi connectivity index (χ0n) is 45.5. The molecule has 446 valence electrons. The lowest BCUT2D eigenvalue weighted by Gasteiger charge is -2.71. The number of esters is 1. The van der Waals surface area contributed by atoms with Crippen molar-refractivity contribution in [2.75, 3.05) is 19.8 Å². The number of hydrogen-bond donors (Lipinski definition) is 14. The molecular formula is C54H86O24. The molecule has 78 heavy (non-hydrogen) atoms. The van der Waals surface area contributed by atoms with E-state index in [1.165, 1.54) is 5.57 Å². The zero-order valence-corrected chi connectivity index (χ0v) is 45.5. The van der Waals surface area contributed by atoms with E-state index in [2.05, 4.69) is 54.5 Å². The Bertz CT molecular complexity index is 2190. The SMILES string of the molecule is CC1(C)CC[C@]2(C(=O)O[C@@H]3O[C@H](CO)[C@@H](O[C@@H]4O[C@H](CO)[C@@H](O)[C@H](O)[C@H]4O)[C@H](O)[C@H]3O)CC[C@]3(C)C(=CC[C@@H]4[C@@]5(C)CC[C@H](O[C@@H]6O[C@H](C(=O)O)[C@@H](O)[C@H](O[C@@H]7O[C@H](CO)[C@H](O)[C@H](O)[C@H]7O)[C@H]6O)C(C)(C)[C@@H]5CC[C@]43C)[C@@H]2C1. The summed E-state index contributed by atoms with van der Waals surface area (Å²) in [7, 11) is 0. The highest BCUT2D eigenvalue weighted by Gasteiger charge is 2.70. The van der Waals surface area contributed by atoms with Crippen molar-refractivity contribution >= 4 is 11.9 Å². The van der Waals surface area contributed by atoms with Crippen molar-refractivity contribution in [3.05, 3.63) is 11.6 Å². The first-order valence-electron chi connectivity index (χ1n) is 27.8. The molecule has 0 aromatic carbocycles. The van der Waals surface area contributed by atoms with Crippen LogP contribution in [0.3, 0.4) is 0 Å². The minimum Gasteiger partial charge on any atom is -0.479 e. The molecule has 24 nitrogen and oxygen atoms in total. The fourth-order valence-corrected chi connectivity index (χ4v) is 16.5. The van der Waals surface area contributed by atoms with Crippen LogP contribution in [0.15, 0.2) is 11.6 Å². The van der Waals surface area contributed by atoms with Crippen LogP contribution in [0.5, 0.6) is 0 Å². The Morgan fingerprint density at radius 3 is 1.67 bits per heavy atom. The summed E-state index contributed by atoms with van der Waals surface area (Å²) in [4.78, 5) is 27.6. The quantitative estimate of drug-likeness (QED) is 0.0574. The van der Waals surface area contributed by atoms with Gasteiger partial charge in [-0.2, -0.15) is 0 Å². The van der Waals surface area contributed by atoms with Gasteiger partial charge in [0.05, 0.1) is 31.3 Å². The summed E-state index contributed by atoms with van der Waals surface area (Å²) in [6, 6.07) is 0. The molecule has 0 aromatic heterocycles. The molecule has 0 spiro atoms. The molecule has 14 N–H and O–H groups in total. The Hall–Kier alpha value is -2.12. The molecule has 28 atom stereocenters. The third-order valence-corrected chi connectivity index (χ3v) is 21.4. The summed E-state index contributed by atoms with van der Waals surface area (Å²) in [6.07, 6.45) is -26.5. The zero-order chi connectivity index (χ0) is 57.1. The number of allylic oxidation sites excluding steroid dienone is 2. The highest BCUT2D eigenvalue weighted by atomic mass is 16.8. The topological polar surface area (TPSA) is 391 Å². The van der Waals surface area contributed by atoms with E-state index in [9.17, 15) is 76.3 Å². The van der Waals surface area contributed by atoms with Gasteiger partial charge in [-0.15, -0.1) is 0 Å². The molecule has 0 unspecified atom stereocenters. The van der Waals surface area contributed by atoms with Crippen molar-refractivity contribution in [3.63, 3.8) is 0 Å². The Balaban J connectivity index is 0.922. The molecule has 0 bridgehead atoms. The van der Waals surface area contributed by atoms with E-state index >= 15 is 4.79 Å². The van der Waals surface area contributed by atoms with Gasteiger partial charge in [0.15, 0.2) is 25.0 Å². The van der Waals surface area contributed by atoms with Crippen LogP contribution >= 0.6 is 0 Å². The Labute approximate surface area is 453 Å². The molecule has 8 fully saturated rings. The van der Waals surface area contributed by atoms with Gasteiger partial charge in [-0.05, 0) is 109 Å². The highest BCUT2D eigenvalue weighted by molar-refractivity contribution is 5.79. The van der Waals surface area contributed by atoms with Crippen LogP contribution in [0.25, 0.3) is 0 Å². The lowest BCUT2D eigenvalue weighted by molar-refractivity contribution is -0.365. The number of carboxylic acids is 1. The number of carboxylic acid groups (broad SMARTS) is 1. The highest BCUT2D eigenvalue weighted by Crippen LogP contribution is 2.76. The number of rotatable bonds is 12. The second-order valence-electron chi connectivity index (χ2n) is 26.3. The minimum absolute atomic E-state index is 0.0524. The molecule has 4 heterocycles. The third-order valence-electron chi connectivity index (χ3n) is 21.4. The summed E-state index contributed by atoms with van der Waals surface area (Å²) in [5, 5.41) is 148. The second kappa shape index (κ2) is 21.8. The molecule has 24 heteroatoms. The van der Waals surface area contributed by atoms with Crippen LogP contribution in [0.1, 0.15) is 113 Å². The number of aliphatic hydroxyl groups is 13. The van der Waals surface area contributed by atoms with Crippen LogP contribution in [0.2, 0.25) is 0 Å². The number of aliphatic hydroxyl groups excluding tert-OH is 13. The molecule has 0 aromatic rings. The van der Waals surface area contributed by atoms with Gasteiger partial charge in [0.2, 0.25) is 6.29 Å². The van der Waals surface area contributed by atoms with E-state index in [1.54, 1.807) is 0 Å². The Morgan fingerprint density at radius 2 is 1.09 bits per heavy atom. The standard InChI is InChI=1S/C54H86O24/c1-49(2)14-16-54(48(70)78-46-37(65)34(62)40(26(21-57)73-46)75-44-35(63)32(60)30(58)24(19-55)71-44)17-15-52(6)22(23(54)18-49)8-9-28-51(5)12-11-29(50(3,4)27(51)10-13-53(28,52)7)74-47-39(67)41(38(66)42(77-47)43(68)69)76-45-36(64)33(61)31(59)25(20-56)72-45/h8,23-42,44-47,55-67H,9-21H2,1-7H3,(H,68,69)/t23-,24+,25+,26+,27-,28+,29-,30+,31-,32-,33-,34+,35+,36+,37+,38-,39+,40+,41-,42-,44-,45-,46-,47+,51-,52+,53+,54-/m0/s1. The van der Waals surface area contributed by atoms with Gasteiger partial charge in [0.1, 0.15) is 91.6 Å². The molecule has 4 aliphatic heterocycles. The molecule has 9 rings (SSSR count). The van der Waals surface area contributed by atoms with E-state index in [0.29, 0.717) is 51.4 Å². The number of carbonyl (C=O) groups is 2. The average Bonchev–Trinajstić information content (AvgIpc) is 2.49. The van der Waals surface area contributed by atoms with Crippen molar-refractivity contribution in [2.24, 2.45) is 50.2 Å². The molecule has 0 radical (unpaired) electrons. The molecular weight excluding hydrogens is 1030 g/mol. The van der Waals surface area contributed by atoms with Gasteiger partial charge in [-0.25, -0.2) is 4.79 Å². The number of fused-ring (bicyclic) bond motifs is 7. The summed E-state index contributed by atoms with van der Waals surface area (Å²) in [6.45, 7) is 13.3. The molecule has 9 aliphatic rings. The first kappa shape index (κ1) is 60.5.